The first-order chi connectivity index (χ1) is 37.0. The molecular weight excluding hydrogens is 1020 g/mol. The molecule has 19 heteroatoms. The fourth-order valence-corrected chi connectivity index (χ4v) is 11.8. The molecule has 0 aromatic heterocycles. The van der Waals surface area contributed by atoms with Crippen LogP contribution < -0.4 is 4.74 Å². The number of Topliss-reactive ketones (excluding diaryl/α,β-unsaturated/α-hetero) is 2. The van der Waals surface area contributed by atoms with Crippen molar-refractivity contribution in [3.63, 3.8) is 0 Å². The van der Waals surface area contributed by atoms with Crippen molar-refractivity contribution in [2.24, 2.45) is 35.5 Å². The number of aliphatic hydroxyl groups is 2. The molecular formula is C59H86N2O16S. The van der Waals surface area contributed by atoms with Crippen molar-refractivity contribution in [1.82, 2.24) is 4.90 Å². The van der Waals surface area contributed by atoms with Gasteiger partial charge in [0.1, 0.15) is 36.2 Å². The van der Waals surface area contributed by atoms with Gasteiger partial charge in [-0.15, -0.1) is 0 Å². The standard InChI is InChI=1S/C59H86N2O16S/c1-35-17-13-12-14-18-36(2)48(70-8)33-45-24-20-41(7)59(67,77-45)55(64)56(65)60-28-16-15-19-46(60)57(66)75-50(34-49(71-9)37(3)30-40(6)53(63)54(73-11)52(62)39(5)29-35)38(4)31-42-21-27-47(51(32-42)72-10)76-58(78)74-44-25-22-43(23-26-44)61(68)69/h12-14,17-18,22-23,25-26,30,35,37-39,41-42,45-51,53-54,63,67H,15-16,19-21,24,27-29,31-34H2,1-11H3/b14-12?,17-13+,36-18?,40-30+/t35-,37-,38-,39-,41-,42+,45+,46+,47-,48+,49-,50+,51-,53-,54+,59-/m1/s1. The van der Waals surface area contributed by atoms with Gasteiger partial charge in [0.25, 0.3) is 17.4 Å². The van der Waals surface area contributed by atoms with Crippen molar-refractivity contribution in [1.29, 1.82) is 0 Å². The normalized spacial score (nSPS) is 35.3. The van der Waals surface area contributed by atoms with Crippen LogP contribution in [-0.4, -0.2) is 144 Å². The van der Waals surface area contributed by atoms with Crippen LogP contribution in [0.15, 0.2) is 71.9 Å². The second-order valence-electron chi connectivity index (χ2n) is 22.2. The molecule has 4 aliphatic rings. The molecule has 18 nitrogen and oxygen atoms in total. The third-order valence-electron chi connectivity index (χ3n) is 16.4. The van der Waals surface area contributed by atoms with Gasteiger partial charge in [-0.3, -0.25) is 24.5 Å². The summed E-state index contributed by atoms with van der Waals surface area (Å²) in [6, 6.07) is 4.38. The number of nitrogens with zero attached hydrogens (tertiary/aromatic N) is 2. The SMILES string of the molecule is CO[C@H]1C[C@@H]2CC[C@@H](C)[C@@](O)(O2)C(=O)C(=O)N2CCCC[C@H]2C(=O)O[C@H]([C@H](C)C[C@@H]2CC[C@@H](OC(=S)Oc3ccc([N+](=O)[O-])cc3)[C@H](OC)C2)C[C@@H](OC)[C@H](C)/C=C(\C)[C@@H](O)[C@@H](OC)C(=O)[C@H](C)C[C@H](C)/C=C/C=CC=C1C. The van der Waals surface area contributed by atoms with Gasteiger partial charge in [-0.25, -0.2) is 4.79 Å². The van der Waals surface area contributed by atoms with E-state index in [9.17, 15) is 39.5 Å². The van der Waals surface area contributed by atoms with Gasteiger partial charge in [0.05, 0.1) is 29.3 Å². The summed E-state index contributed by atoms with van der Waals surface area (Å²) >= 11 is 5.42. The number of hydrogen-bond donors (Lipinski definition) is 2. The average molecular weight is 1110 g/mol. The maximum absolute atomic E-state index is 14.8. The molecule has 1 amide bonds. The summed E-state index contributed by atoms with van der Waals surface area (Å²) in [5.74, 6) is -6.91. The van der Waals surface area contributed by atoms with E-state index in [1.807, 2.05) is 71.1 Å². The van der Waals surface area contributed by atoms with Gasteiger partial charge in [0.15, 0.2) is 5.78 Å². The van der Waals surface area contributed by atoms with E-state index in [2.05, 4.69) is 0 Å². The number of benzene rings is 1. The Kier molecular flexibility index (Phi) is 24.8. The monoisotopic (exact) mass is 1110 g/mol. The van der Waals surface area contributed by atoms with Gasteiger partial charge in [-0.05, 0) is 119 Å². The number of esters is 1. The lowest BCUT2D eigenvalue weighted by Crippen LogP contribution is -2.61. The van der Waals surface area contributed by atoms with Crippen LogP contribution in [0.4, 0.5) is 5.69 Å². The zero-order chi connectivity index (χ0) is 57.4. The second kappa shape index (κ2) is 30.2. The summed E-state index contributed by atoms with van der Waals surface area (Å²) < 4.78 is 48.1. The largest absolute Gasteiger partial charge is 0.460 e. The fourth-order valence-electron chi connectivity index (χ4n) is 11.6. The topological polar surface area (TPSA) is 229 Å². The summed E-state index contributed by atoms with van der Waals surface area (Å²) in [6.07, 6.45) is 11.6. The molecule has 16 atom stereocenters. The van der Waals surface area contributed by atoms with E-state index >= 15 is 0 Å². The van der Waals surface area contributed by atoms with Crippen LogP contribution in [0.3, 0.4) is 0 Å². The zero-order valence-corrected chi connectivity index (χ0v) is 48.4. The predicted octanol–water partition coefficient (Wildman–Crippen LogP) is 8.92. The van der Waals surface area contributed by atoms with Crippen molar-refractivity contribution in [2.75, 3.05) is 35.0 Å². The first-order valence-corrected chi connectivity index (χ1v) is 28.1. The zero-order valence-electron chi connectivity index (χ0n) is 47.5. The van der Waals surface area contributed by atoms with Crippen LogP contribution in [-0.2, 0) is 52.3 Å². The lowest BCUT2D eigenvalue weighted by Gasteiger charge is -2.43. The predicted molar refractivity (Wildman–Crippen MR) is 296 cm³/mol. The molecule has 78 heavy (non-hydrogen) atoms. The van der Waals surface area contributed by atoms with Crippen molar-refractivity contribution >= 4 is 46.6 Å². The molecule has 0 radical (unpaired) electrons. The van der Waals surface area contributed by atoms with E-state index in [1.165, 1.54) is 36.3 Å². The quantitative estimate of drug-likeness (QED) is 0.0556. The number of carbonyl (C=O) groups is 4. The summed E-state index contributed by atoms with van der Waals surface area (Å²) in [4.78, 5) is 69.4. The minimum atomic E-state index is -2.44. The minimum absolute atomic E-state index is 0.0202. The number of piperidine rings is 1. The van der Waals surface area contributed by atoms with E-state index in [4.69, 9.17) is 50.1 Å². The summed E-state index contributed by atoms with van der Waals surface area (Å²) in [7, 11) is 6.15. The molecule has 1 saturated carbocycles. The van der Waals surface area contributed by atoms with Gasteiger partial charge in [0, 0.05) is 89.9 Å². The first-order valence-electron chi connectivity index (χ1n) is 27.7. The Bertz CT molecular complexity index is 2320. The Morgan fingerprint density at radius 3 is 2.21 bits per heavy atom. The maximum atomic E-state index is 14.8. The number of nitro benzene ring substituents is 1. The highest BCUT2D eigenvalue weighted by Crippen LogP contribution is 2.39. The van der Waals surface area contributed by atoms with Crippen molar-refractivity contribution in [2.45, 2.75) is 186 Å². The van der Waals surface area contributed by atoms with E-state index in [0.29, 0.717) is 69.8 Å². The van der Waals surface area contributed by atoms with Crippen LogP contribution >= 0.6 is 12.2 Å². The number of aliphatic hydroxyl groups excluding tert-OH is 1. The molecule has 434 valence electrons. The Balaban J connectivity index is 1.44. The third kappa shape index (κ3) is 17.1. The number of fused-ring (bicyclic) bond motifs is 3. The summed E-state index contributed by atoms with van der Waals surface area (Å²) in [5, 5.41) is 34.8. The van der Waals surface area contributed by atoms with Gasteiger partial charge in [-0.1, -0.05) is 71.1 Å². The first kappa shape index (κ1) is 64.1. The number of ketones is 2. The highest BCUT2D eigenvalue weighted by molar-refractivity contribution is 7.79. The number of thiocarbonyl (C=S) groups is 1. The van der Waals surface area contributed by atoms with Crippen LogP contribution in [0.1, 0.15) is 126 Å². The lowest BCUT2D eigenvalue weighted by molar-refractivity contribution is -0.384. The third-order valence-corrected chi connectivity index (χ3v) is 16.6. The molecule has 3 heterocycles. The molecule has 1 aromatic rings. The number of hydrogen-bond acceptors (Lipinski definition) is 17. The molecule has 3 fully saturated rings. The summed E-state index contributed by atoms with van der Waals surface area (Å²) in [5.41, 5.74) is 1.29. The van der Waals surface area contributed by atoms with Gasteiger partial charge >= 0.3 is 11.2 Å². The fraction of sp³-hybridized carbons (Fsp3) is 0.678. The highest BCUT2D eigenvalue weighted by Gasteiger charge is 2.53. The smallest absolute Gasteiger partial charge is 0.358 e. The molecule has 1 aromatic carbocycles. The van der Waals surface area contributed by atoms with Gasteiger partial charge in [0.2, 0.25) is 5.79 Å². The van der Waals surface area contributed by atoms with E-state index < -0.39 is 89.0 Å². The van der Waals surface area contributed by atoms with Crippen LogP contribution in [0.2, 0.25) is 0 Å². The number of cyclic esters (lactones) is 1. The average Bonchev–Trinajstić information content (AvgIpc) is 3.44. The second-order valence-corrected chi connectivity index (χ2v) is 22.5. The number of carbonyl (C=O) groups excluding carboxylic acids is 4. The Morgan fingerprint density at radius 2 is 1.55 bits per heavy atom. The number of allylic oxidation sites excluding steroid dienone is 5. The van der Waals surface area contributed by atoms with Crippen LogP contribution in [0.5, 0.6) is 5.75 Å². The van der Waals surface area contributed by atoms with Crippen LogP contribution in [0.25, 0.3) is 0 Å². The number of non-ortho nitro benzene ring substituents is 1. The van der Waals surface area contributed by atoms with E-state index in [-0.39, 0.29) is 71.6 Å². The number of ether oxygens (including phenoxy) is 8. The van der Waals surface area contributed by atoms with Crippen molar-refractivity contribution in [3.05, 3.63) is 82.0 Å². The number of methoxy groups -OCH3 is 4. The molecule has 2 saturated heterocycles. The number of nitro groups is 1. The number of amides is 1. The molecule has 1 aliphatic carbocycles. The van der Waals surface area contributed by atoms with Gasteiger partial charge in [-0.2, -0.15) is 0 Å². The van der Waals surface area contributed by atoms with E-state index in [0.717, 1.165) is 5.57 Å². The van der Waals surface area contributed by atoms with Crippen molar-refractivity contribution in [3.8, 4) is 5.75 Å². The molecule has 0 unspecified atom stereocenters. The summed E-state index contributed by atoms with van der Waals surface area (Å²) in [6.45, 7) is 13.2. The molecule has 2 N–H and O–H groups in total. The van der Waals surface area contributed by atoms with E-state index in [1.54, 1.807) is 35.2 Å². The molecule has 3 aliphatic heterocycles. The highest BCUT2D eigenvalue weighted by atomic mass is 32.1. The lowest BCUT2D eigenvalue weighted by atomic mass is 9.78. The Morgan fingerprint density at radius 1 is 0.846 bits per heavy atom. The molecule has 5 rings (SSSR count). The van der Waals surface area contributed by atoms with Crippen molar-refractivity contribution < 1.29 is 72.2 Å². The molecule has 2 bridgehead atoms. The van der Waals surface area contributed by atoms with Crippen LogP contribution in [0, 0.1) is 45.6 Å². The Labute approximate surface area is 466 Å². The van der Waals surface area contributed by atoms with Gasteiger partial charge < -0.3 is 53.0 Å². The number of rotatable bonds is 10. The molecule has 0 spiro atoms. The Hall–Kier alpha value is -4.73. The maximum Gasteiger partial charge on any atom is 0.358 e. The minimum Gasteiger partial charge on any atom is -0.460 e.